The number of aromatic nitrogens is 2. The molecule has 7 heteroatoms. The van der Waals surface area contributed by atoms with Crippen molar-refractivity contribution in [1.82, 2.24) is 20.2 Å². The Labute approximate surface area is 147 Å². The summed E-state index contributed by atoms with van der Waals surface area (Å²) in [5.41, 5.74) is 2.61. The lowest BCUT2D eigenvalue weighted by Gasteiger charge is -2.24. The second kappa shape index (κ2) is 8.35. The molecule has 24 heavy (non-hydrogen) atoms. The minimum Gasteiger partial charge on any atom is -0.338 e. The maximum atomic E-state index is 12.4. The summed E-state index contributed by atoms with van der Waals surface area (Å²) in [6.45, 7) is 1.77. The Kier molecular flexibility index (Phi) is 6.45. The van der Waals surface area contributed by atoms with Gasteiger partial charge in [0.25, 0.3) is 0 Å². The van der Waals surface area contributed by atoms with Gasteiger partial charge in [0.15, 0.2) is 0 Å². The van der Waals surface area contributed by atoms with Crippen LogP contribution in [0.2, 0.25) is 0 Å². The van der Waals surface area contributed by atoms with Gasteiger partial charge in [0.2, 0.25) is 5.91 Å². The van der Waals surface area contributed by atoms with Gasteiger partial charge in [-0.2, -0.15) is 0 Å². The van der Waals surface area contributed by atoms with Gasteiger partial charge in [-0.3, -0.25) is 4.79 Å². The third kappa shape index (κ3) is 4.19. The number of nitrogens with one attached hydrogen (secondary N) is 3. The van der Waals surface area contributed by atoms with Gasteiger partial charge in [-0.15, -0.1) is 12.4 Å². The lowest BCUT2D eigenvalue weighted by Crippen LogP contribution is -2.40. The number of rotatable bonds is 6. The number of imidazole rings is 1. The number of carbonyl (C=O) groups excluding carboxylic acids is 1. The number of benzene rings is 1. The van der Waals surface area contributed by atoms with Crippen molar-refractivity contribution < 1.29 is 4.79 Å². The molecule has 1 unspecified atom stereocenters. The van der Waals surface area contributed by atoms with Crippen LogP contribution in [0.3, 0.4) is 0 Å². The molecule has 1 aliphatic heterocycles. The number of carbonyl (C=O) groups is 1. The fourth-order valence-corrected chi connectivity index (χ4v) is 3.43. The first-order valence-corrected chi connectivity index (χ1v) is 8.32. The molecule has 1 amide bonds. The van der Waals surface area contributed by atoms with E-state index in [4.69, 9.17) is 0 Å². The van der Waals surface area contributed by atoms with Crippen LogP contribution >= 0.6 is 12.4 Å². The molecule has 0 spiro atoms. The van der Waals surface area contributed by atoms with Crippen molar-refractivity contribution in [3.63, 3.8) is 0 Å². The van der Waals surface area contributed by atoms with E-state index in [0.717, 1.165) is 55.4 Å². The van der Waals surface area contributed by atoms with Crippen molar-refractivity contribution >= 4 is 29.3 Å². The molecular formula is C17H25ClN4O2. The molecule has 1 aliphatic rings. The van der Waals surface area contributed by atoms with Crippen molar-refractivity contribution in [3.8, 4) is 0 Å². The van der Waals surface area contributed by atoms with E-state index in [0.29, 0.717) is 12.5 Å². The molecule has 0 radical (unpaired) electrons. The predicted molar refractivity (Wildman–Crippen MR) is 97.8 cm³/mol. The maximum Gasteiger partial charge on any atom is 0.323 e. The number of aryl methyl sites for hydroxylation is 1. The SMILES string of the molecule is CNCC1CCCN1C(=O)CCCc1ccc2[nH]c(=O)[nH]c2c1.Cl. The molecule has 1 atom stereocenters. The molecule has 1 aromatic carbocycles. The summed E-state index contributed by atoms with van der Waals surface area (Å²) in [6, 6.07) is 6.26. The summed E-state index contributed by atoms with van der Waals surface area (Å²) in [5.74, 6) is 0.263. The van der Waals surface area contributed by atoms with E-state index in [-0.39, 0.29) is 24.0 Å². The summed E-state index contributed by atoms with van der Waals surface area (Å²) < 4.78 is 0. The van der Waals surface area contributed by atoms with Crippen molar-refractivity contribution in [3.05, 3.63) is 34.2 Å². The molecule has 0 aliphatic carbocycles. The Morgan fingerprint density at radius 2 is 2.12 bits per heavy atom. The quantitative estimate of drug-likeness (QED) is 0.741. The largest absolute Gasteiger partial charge is 0.338 e. The standard InChI is InChI=1S/C17H24N4O2.ClH/c1-18-11-13-5-3-9-21(13)16(22)6-2-4-12-7-8-14-15(10-12)20-17(23)19-14;/h7-8,10,13,18H,2-6,9,11H2,1H3,(H2,19,20,23);1H. The number of halogens is 1. The zero-order valence-corrected chi connectivity index (χ0v) is 14.7. The van der Waals surface area contributed by atoms with Crippen molar-refractivity contribution in [2.75, 3.05) is 20.1 Å². The highest BCUT2D eigenvalue weighted by molar-refractivity contribution is 5.85. The highest BCUT2D eigenvalue weighted by Crippen LogP contribution is 2.19. The molecule has 0 saturated carbocycles. The Morgan fingerprint density at radius 1 is 1.33 bits per heavy atom. The summed E-state index contributed by atoms with van der Waals surface area (Å²) >= 11 is 0. The van der Waals surface area contributed by atoms with Crippen LogP contribution in [-0.2, 0) is 11.2 Å². The van der Waals surface area contributed by atoms with Gasteiger partial charge in [0.1, 0.15) is 0 Å². The Morgan fingerprint density at radius 3 is 2.92 bits per heavy atom. The average molecular weight is 353 g/mol. The van der Waals surface area contributed by atoms with E-state index in [1.165, 1.54) is 0 Å². The molecule has 1 saturated heterocycles. The normalized spacial score (nSPS) is 17.2. The summed E-state index contributed by atoms with van der Waals surface area (Å²) in [7, 11) is 1.93. The third-order valence-corrected chi connectivity index (χ3v) is 4.57. The Balaban J connectivity index is 0.00000208. The number of hydrogen-bond donors (Lipinski definition) is 3. The number of hydrogen-bond acceptors (Lipinski definition) is 3. The van der Waals surface area contributed by atoms with E-state index in [1.807, 2.05) is 30.1 Å². The molecule has 1 aromatic heterocycles. The zero-order chi connectivity index (χ0) is 16.2. The van der Waals surface area contributed by atoms with E-state index in [2.05, 4.69) is 15.3 Å². The number of amides is 1. The Bertz CT molecular complexity index is 740. The number of fused-ring (bicyclic) bond motifs is 1. The zero-order valence-electron chi connectivity index (χ0n) is 13.9. The van der Waals surface area contributed by atoms with Gasteiger partial charge in [-0.05, 0) is 50.4 Å². The average Bonchev–Trinajstić information content (AvgIpc) is 3.12. The van der Waals surface area contributed by atoms with Crippen LogP contribution < -0.4 is 11.0 Å². The van der Waals surface area contributed by atoms with Crippen LogP contribution in [0.4, 0.5) is 0 Å². The molecule has 2 aromatic rings. The fourth-order valence-electron chi connectivity index (χ4n) is 3.43. The van der Waals surface area contributed by atoms with Crippen molar-refractivity contribution in [2.24, 2.45) is 0 Å². The van der Waals surface area contributed by atoms with Gasteiger partial charge in [0.05, 0.1) is 11.0 Å². The Hall–Kier alpha value is -1.79. The number of likely N-dealkylation sites (tertiary alicyclic amines) is 1. The minimum atomic E-state index is -0.183. The molecule has 6 nitrogen and oxygen atoms in total. The monoisotopic (exact) mass is 352 g/mol. The summed E-state index contributed by atoms with van der Waals surface area (Å²) in [6.07, 6.45) is 4.48. The second-order valence-corrected chi connectivity index (χ2v) is 6.25. The van der Waals surface area contributed by atoms with E-state index in [9.17, 15) is 9.59 Å². The first-order valence-electron chi connectivity index (χ1n) is 8.32. The van der Waals surface area contributed by atoms with Crippen LogP contribution in [-0.4, -0.2) is 47.0 Å². The highest BCUT2D eigenvalue weighted by atomic mass is 35.5. The van der Waals surface area contributed by atoms with Crippen LogP contribution in [0.5, 0.6) is 0 Å². The van der Waals surface area contributed by atoms with Gasteiger partial charge >= 0.3 is 5.69 Å². The van der Waals surface area contributed by atoms with Crippen LogP contribution in [0, 0.1) is 0 Å². The lowest BCUT2D eigenvalue weighted by molar-refractivity contribution is -0.132. The molecule has 0 bridgehead atoms. The number of nitrogens with zero attached hydrogens (tertiary/aromatic N) is 1. The summed E-state index contributed by atoms with van der Waals surface area (Å²) in [4.78, 5) is 31.2. The van der Waals surface area contributed by atoms with Crippen LogP contribution in [0.15, 0.2) is 23.0 Å². The van der Waals surface area contributed by atoms with E-state index >= 15 is 0 Å². The predicted octanol–water partition coefficient (Wildman–Crippen LogP) is 1.81. The molecule has 132 valence electrons. The minimum absolute atomic E-state index is 0. The number of H-pyrrole nitrogens is 2. The number of aromatic amines is 2. The smallest absolute Gasteiger partial charge is 0.323 e. The maximum absolute atomic E-state index is 12.4. The molecule has 3 rings (SSSR count). The molecular weight excluding hydrogens is 328 g/mol. The van der Waals surface area contributed by atoms with Crippen LogP contribution in [0.1, 0.15) is 31.2 Å². The molecule has 1 fully saturated rings. The van der Waals surface area contributed by atoms with Gasteiger partial charge in [-0.1, -0.05) is 6.07 Å². The lowest BCUT2D eigenvalue weighted by atomic mass is 10.1. The van der Waals surface area contributed by atoms with Gasteiger partial charge in [0, 0.05) is 25.6 Å². The van der Waals surface area contributed by atoms with Crippen molar-refractivity contribution in [2.45, 2.75) is 38.1 Å². The van der Waals surface area contributed by atoms with Crippen molar-refractivity contribution in [1.29, 1.82) is 0 Å². The van der Waals surface area contributed by atoms with Gasteiger partial charge in [-0.25, -0.2) is 4.79 Å². The van der Waals surface area contributed by atoms with E-state index < -0.39 is 0 Å². The summed E-state index contributed by atoms with van der Waals surface area (Å²) in [5, 5.41) is 3.17. The van der Waals surface area contributed by atoms with E-state index in [1.54, 1.807) is 0 Å². The highest BCUT2D eigenvalue weighted by Gasteiger charge is 2.27. The van der Waals surface area contributed by atoms with Gasteiger partial charge < -0.3 is 20.2 Å². The first kappa shape index (κ1) is 18.5. The fraction of sp³-hybridized carbons (Fsp3) is 0.529. The molecule has 2 heterocycles. The second-order valence-electron chi connectivity index (χ2n) is 6.25. The molecule has 3 N–H and O–H groups in total. The number of likely N-dealkylation sites (N-methyl/N-ethyl adjacent to an activating group) is 1. The topological polar surface area (TPSA) is 81.0 Å². The van der Waals surface area contributed by atoms with Crippen LogP contribution in [0.25, 0.3) is 11.0 Å². The third-order valence-electron chi connectivity index (χ3n) is 4.57. The first-order chi connectivity index (χ1) is 11.2.